The molecule has 0 unspecified atom stereocenters. The van der Waals surface area contributed by atoms with Gasteiger partial charge in [0.15, 0.2) is 6.61 Å². The van der Waals surface area contributed by atoms with Crippen LogP contribution in [0, 0.1) is 6.92 Å². The molecule has 1 aromatic heterocycles. The first-order valence-electron chi connectivity index (χ1n) is 6.96. The zero-order valence-electron chi connectivity index (χ0n) is 12.2. The maximum absolute atomic E-state index is 10.6. The lowest BCUT2D eigenvalue weighted by Crippen LogP contribution is -1.95. The number of carbonyl (C=O) groups is 1. The van der Waals surface area contributed by atoms with Gasteiger partial charge in [-0.1, -0.05) is 30.3 Å². The van der Waals surface area contributed by atoms with Crippen molar-refractivity contribution in [3.63, 3.8) is 0 Å². The lowest BCUT2D eigenvalue weighted by Gasteiger charge is -2.02. The standard InChI is InChI=1S/C18H15NO3/c1-13-18(15-5-3-2-4-6-15)19-17(22-13)12-21-16-9-7-14(11-20)8-10-16/h2-11H,12H2,1H3. The molecule has 0 fully saturated rings. The first-order chi connectivity index (χ1) is 10.8. The summed E-state index contributed by atoms with van der Waals surface area (Å²) in [6.07, 6.45) is 0.799. The number of ether oxygens (including phenoxy) is 1. The fourth-order valence-corrected chi connectivity index (χ4v) is 2.16. The van der Waals surface area contributed by atoms with E-state index in [0.717, 1.165) is 23.3 Å². The van der Waals surface area contributed by atoms with Crippen LogP contribution in [0.5, 0.6) is 5.75 Å². The number of nitrogens with zero attached hydrogens (tertiary/aromatic N) is 1. The molecule has 2 aromatic carbocycles. The van der Waals surface area contributed by atoms with Gasteiger partial charge in [0.25, 0.3) is 0 Å². The monoisotopic (exact) mass is 293 g/mol. The molecule has 0 saturated carbocycles. The zero-order valence-corrected chi connectivity index (χ0v) is 12.2. The van der Waals surface area contributed by atoms with Crippen molar-refractivity contribution in [3.8, 4) is 17.0 Å². The molecule has 3 rings (SSSR count). The molecule has 0 spiro atoms. The Morgan fingerprint density at radius 3 is 2.50 bits per heavy atom. The molecule has 0 atom stereocenters. The fourth-order valence-electron chi connectivity index (χ4n) is 2.16. The number of benzene rings is 2. The summed E-state index contributed by atoms with van der Waals surface area (Å²) in [6.45, 7) is 2.13. The molecule has 0 N–H and O–H groups in total. The maximum atomic E-state index is 10.6. The Hall–Kier alpha value is -2.88. The van der Waals surface area contributed by atoms with Crippen LogP contribution < -0.4 is 4.74 Å². The van der Waals surface area contributed by atoms with E-state index in [0.29, 0.717) is 17.2 Å². The predicted octanol–water partition coefficient (Wildman–Crippen LogP) is 4.04. The molecule has 4 heteroatoms. The van der Waals surface area contributed by atoms with Gasteiger partial charge < -0.3 is 9.15 Å². The average molecular weight is 293 g/mol. The fraction of sp³-hybridized carbons (Fsp3) is 0.111. The molecule has 4 nitrogen and oxygen atoms in total. The maximum Gasteiger partial charge on any atom is 0.233 e. The number of carbonyl (C=O) groups excluding carboxylic acids is 1. The van der Waals surface area contributed by atoms with E-state index in [-0.39, 0.29) is 6.61 Å². The largest absolute Gasteiger partial charge is 0.484 e. The molecular weight excluding hydrogens is 278 g/mol. The van der Waals surface area contributed by atoms with E-state index in [1.54, 1.807) is 24.3 Å². The molecule has 0 aliphatic heterocycles. The number of oxazole rings is 1. The Morgan fingerprint density at radius 1 is 1.09 bits per heavy atom. The van der Waals surface area contributed by atoms with E-state index in [9.17, 15) is 4.79 Å². The summed E-state index contributed by atoms with van der Waals surface area (Å²) < 4.78 is 11.3. The first-order valence-corrected chi connectivity index (χ1v) is 6.96. The second-order valence-electron chi connectivity index (χ2n) is 4.85. The summed E-state index contributed by atoms with van der Waals surface area (Å²) in [5.41, 5.74) is 2.46. The Morgan fingerprint density at radius 2 is 1.82 bits per heavy atom. The molecule has 0 aliphatic carbocycles. The lowest BCUT2D eigenvalue weighted by atomic mass is 10.1. The van der Waals surface area contributed by atoms with Gasteiger partial charge in [0.05, 0.1) is 0 Å². The summed E-state index contributed by atoms with van der Waals surface area (Å²) in [6, 6.07) is 16.8. The SMILES string of the molecule is Cc1oc(COc2ccc(C=O)cc2)nc1-c1ccccc1. The van der Waals surface area contributed by atoms with Crippen LogP contribution in [0.3, 0.4) is 0 Å². The lowest BCUT2D eigenvalue weighted by molar-refractivity contribution is 0.112. The van der Waals surface area contributed by atoms with Crippen LogP contribution in [0.25, 0.3) is 11.3 Å². The van der Waals surface area contributed by atoms with Gasteiger partial charge in [-0.3, -0.25) is 4.79 Å². The second kappa shape index (κ2) is 6.26. The minimum Gasteiger partial charge on any atom is -0.484 e. The third-order valence-electron chi connectivity index (χ3n) is 3.27. The zero-order chi connectivity index (χ0) is 15.4. The van der Waals surface area contributed by atoms with E-state index in [4.69, 9.17) is 9.15 Å². The van der Waals surface area contributed by atoms with Crippen molar-refractivity contribution in [2.45, 2.75) is 13.5 Å². The summed E-state index contributed by atoms with van der Waals surface area (Å²) in [7, 11) is 0. The normalized spacial score (nSPS) is 10.4. The number of hydrogen-bond donors (Lipinski definition) is 0. The van der Waals surface area contributed by atoms with Crippen molar-refractivity contribution in [3.05, 3.63) is 71.8 Å². The third-order valence-corrected chi connectivity index (χ3v) is 3.27. The van der Waals surface area contributed by atoms with Crippen LogP contribution in [0.4, 0.5) is 0 Å². The highest BCUT2D eigenvalue weighted by Crippen LogP contribution is 2.23. The van der Waals surface area contributed by atoms with Crippen LogP contribution in [0.2, 0.25) is 0 Å². The Kier molecular flexibility index (Phi) is 4.01. The molecule has 0 amide bonds. The van der Waals surface area contributed by atoms with Gasteiger partial charge in [0, 0.05) is 11.1 Å². The number of aryl methyl sites for hydroxylation is 1. The summed E-state index contributed by atoms with van der Waals surface area (Å²) in [5.74, 6) is 1.96. The third kappa shape index (κ3) is 3.06. The molecule has 1 heterocycles. The van der Waals surface area contributed by atoms with Gasteiger partial charge in [-0.15, -0.1) is 0 Å². The van der Waals surface area contributed by atoms with Crippen LogP contribution in [-0.2, 0) is 6.61 Å². The van der Waals surface area contributed by atoms with Crippen LogP contribution >= 0.6 is 0 Å². The van der Waals surface area contributed by atoms with Gasteiger partial charge in [0.2, 0.25) is 5.89 Å². The molecular formula is C18H15NO3. The van der Waals surface area contributed by atoms with Gasteiger partial charge in [-0.2, -0.15) is 0 Å². The van der Waals surface area contributed by atoms with Crippen molar-refractivity contribution in [2.24, 2.45) is 0 Å². The van der Waals surface area contributed by atoms with Crippen molar-refractivity contribution in [1.82, 2.24) is 4.98 Å². The minimum atomic E-state index is 0.244. The Bertz CT molecular complexity index is 761. The second-order valence-corrected chi connectivity index (χ2v) is 4.85. The van der Waals surface area contributed by atoms with Crippen molar-refractivity contribution >= 4 is 6.29 Å². The Labute approximate surface area is 128 Å². The number of rotatable bonds is 5. The van der Waals surface area contributed by atoms with Gasteiger partial charge >= 0.3 is 0 Å². The smallest absolute Gasteiger partial charge is 0.233 e. The van der Waals surface area contributed by atoms with Gasteiger partial charge in [-0.05, 0) is 31.2 Å². The minimum absolute atomic E-state index is 0.244. The molecule has 22 heavy (non-hydrogen) atoms. The van der Waals surface area contributed by atoms with Crippen LogP contribution in [-0.4, -0.2) is 11.3 Å². The summed E-state index contributed by atoms with van der Waals surface area (Å²) >= 11 is 0. The number of aldehydes is 1. The van der Waals surface area contributed by atoms with Gasteiger partial charge in [-0.25, -0.2) is 4.98 Å². The summed E-state index contributed by atoms with van der Waals surface area (Å²) in [4.78, 5) is 15.1. The molecule has 0 aliphatic rings. The van der Waals surface area contributed by atoms with E-state index in [1.807, 2.05) is 37.3 Å². The number of aromatic nitrogens is 1. The van der Waals surface area contributed by atoms with Crippen LogP contribution in [0.15, 0.2) is 59.0 Å². The molecule has 3 aromatic rings. The molecule has 0 radical (unpaired) electrons. The van der Waals surface area contributed by atoms with Crippen molar-refractivity contribution < 1.29 is 13.9 Å². The van der Waals surface area contributed by atoms with Crippen molar-refractivity contribution in [2.75, 3.05) is 0 Å². The highest BCUT2D eigenvalue weighted by molar-refractivity contribution is 5.74. The quantitative estimate of drug-likeness (QED) is 0.666. The predicted molar refractivity (Wildman–Crippen MR) is 82.8 cm³/mol. The summed E-state index contributed by atoms with van der Waals surface area (Å²) in [5, 5.41) is 0. The molecule has 0 bridgehead atoms. The van der Waals surface area contributed by atoms with Crippen LogP contribution in [0.1, 0.15) is 22.0 Å². The average Bonchev–Trinajstić information content (AvgIpc) is 2.95. The highest BCUT2D eigenvalue weighted by atomic mass is 16.5. The van der Waals surface area contributed by atoms with E-state index >= 15 is 0 Å². The number of hydrogen-bond acceptors (Lipinski definition) is 4. The molecule has 110 valence electrons. The highest BCUT2D eigenvalue weighted by Gasteiger charge is 2.11. The topological polar surface area (TPSA) is 52.3 Å². The van der Waals surface area contributed by atoms with Crippen molar-refractivity contribution in [1.29, 1.82) is 0 Å². The first kappa shape index (κ1) is 14.1. The molecule has 0 saturated heterocycles. The van der Waals surface area contributed by atoms with E-state index < -0.39 is 0 Å². The van der Waals surface area contributed by atoms with E-state index in [2.05, 4.69) is 4.98 Å². The Balaban J connectivity index is 1.72. The van der Waals surface area contributed by atoms with Gasteiger partial charge in [0.1, 0.15) is 23.5 Å². The van der Waals surface area contributed by atoms with E-state index in [1.165, 1.54) is 0 Å².